The zero-order valence-electron chi connectivity index (χ0n) is 16.7. The van der Waals surface area contributed by atoms with Crippen molar-refractivity contribution >= 4 is 11.8 Å². The van der Waals surface area contributed by atoms with Gasteiger partial charge in [-0.05, 0) is 25.1 Å². The Morgan fingerprint density at radius 3 is 2.41 bits per heavy atom. The maximum absolute atomic E-state index is 13.9. The molecule has 0 bridgehead atoms. The molecule has 1 saturated heterocycles. The van der Waals surface area contributed by atoms with Crippen molar-refractivity contribution in [2.75, 3.05) is 50.0 Å². The maximum Gasteiger partial charge on any atom is 0.227 e. The molecule has 0 atom stereocenters. The molecular weight excluding hydrogens is 365 g/mol. The van der Waals surface area contributed by atoms with Gasteiger partial charge < -0.3 is 15.1 Å². The highest BCUT2D eigenvalue weighted by Crippen LogP contribution is 2.23. The minimum Gasteiger partial charge on any atom is -0.370 e. The highest BCUT2D eigenvalue weighted by molar-refractivity contribution is 5.64. The van der Waals surface area contributed by atoms with Crippen molar-refractivity contribution < 1.29 is 4.39 Å². The summed E-state index contributed by atoms with van der Waals surface area (Å²) in [5.74, 6) is 1.34. The number of rotatable bonds is 6. The predicted octanol–water partition coefficient (Wildman–Crippen LogP) is 3.69. The molecule has 2 heterocycles. The average molecular weight is 391 g/mol. The van der Waals surface area contributed by atoms with Crippen LogP contribution in [0, 0.1) is 5.82 Å². The Balaban J connectivity index is 1.55. The minimum absolute atomic E-state index is 0.167. The molecule has 0 saturated carbocycles. The average Bonchev–Trinajstić information content (AvgIpc) is 2.76. The van der Waals surface area contributed by atoms with Crippen LogP contribution in [0.1, 0.15) is 5.56 Å². The fourth-order valence-corrected chi connectivity index (χ4v) is 3.46. The normalized spacial score (nSPS) is 14.8. The van der Waals surface area contributed by atoms with E-state index in [4.69, 9.17) is 9.97 Å². The van der Waals surface area contributed by atoms with Gasteiger partial charge in [0.2, 0.25) is 5.95 Å². The van der Waals surface area contributed by atoms with E-state index >= 15 is 0 Å². The number of piperazine rings is 1. The lowest BCUT2D eigenvalue weighted by Crippen LogP contribution is -2.45. The van der Waals surface area contributed by atoms with Gasteiger partial charge in [-0.15, -0.1) is 0 Å². The van der Waals surface area contributed by atoms with Crippen molar-refractivity contribution in [3.05, 3.63) is 72.0 Å². The standard InChI is InChI=1S/C23H26FN5/c1-28-13-15-29(16-14-28)23-26-21(19-8-3-2-4-9-19)17-22(27-23)25-12-11-18-7-5-6-10-20(18)24/h2-10,17H,11-16H2,1H3,(H,25,26,27). The molecule has 0 aliphatic carbocycles. The number of hydrogen-bond donors (Lipinski definition) is 1. The van der Waals surface area contributed by atoms with Crippen molar-refractivity contribution in [1.82, 2.24) is 14.9 Å². The van der Waals surface area contributed by atoms with Gasteiger partial charge in [0.1, 0.15) is 11.6 Å². The highest BCUT2D eigenvalue weighted by atomic mass is 19.1. The van der Waals surface area contributed by atoms with Crippen LogP contribution in [-0.2, 0) is 6.42 Å². The topological polar surface area (TPSA) is 44.3 Å². The number of anilines is 2. The number of aromatic nitrogens is 2. The van der Waals surface area contributed by atoms with Crippen LogP contribution < -0.4 is 10.2 Å². The Morgan fingerprint density at radius 1 is 0.931 bits per heavy atom. The molecule has 1 aliphatic heterocycles. The van der Waals surface area contributed by atoms with Crippen molar-refractivity contribution in [3.8, 4) is 11.3 Å². The predicted molar refractivity (Wildman–Crippen MR) is 116 cm³/mol. The fraction of sp³-hybridized carbons (Fsp3) is 0.304. The largest absolute Gasteiger partial charge is 0.370 e. The van der Waals surface area contributed by atoms with Crippen LogP contribution in [0.5, 0.6) is 0 Å². The number of nitrogens with zero attached hydrogens (tertiary/aromatic N) is 4. The first-order chi connectivity index (χ1) is 14.2. The summed E-state index contributed by atoms with van der Waals surface area (Å²) in [7, 11) is 2.13. The van der Waals surface area contributed by atoms with Crippen LogP contribution in [0.4, 0.5) is 16.2 Å². The van der Waals surface area contributed by atoms with Crippen molar-refractivity contribution in [2.45, 2.75) is 6.42 Å². The quantitative estimate of drug-likeness (QED) is 0.694. The summed E-state index contributed by atoms with van der Waals surface area (Å²) in [4.78, 5) is 14.1. The Hall–Kier alpha value is -2.99. The Labute approximate surface area is 171 Å². The fourth-order valence-electron chi connectivity index (χ4n) is 3.46. The molecule has 0 amide bonds. The molecular formula is C23H26FN5. The minimum atomic E-state index is -0.167. The lowest BCUT2D eigenvalue weighted by Gasteiger charge is -2.32. The molecule has 1 N–H and O–H groups in total. The number of halogens is 1. The summed E-state index contributed by atoms with van der Waals surface area (Å²) in [5.41, 5.74) is 2.65. The van der Waals surface area contributed by atoms with Gasteiger partial charge in [-0.3, -0.25) is 0 Å². The maximum atomic E-state index is 13.9. The van der Waals surface area contributed by atoms with Gasteiger partial charge in [-0.2, -0.15) is 4.98 Å². The smallest absolute Gasteiger partial charge is 0.227 e. The van der Waals surface area contributed by atoms with Gasteiger partial charge in [0.15, 0.2) is 0 Å². The molecule has 2 aromatic carbocycles. The second kappa shape index (κ2) is 9.01. The van der Waals surface area contributed by atoms with E-state index in [2.05, 4.69) is 34.3 Å². The van der Waals surface area contributed by atoms with Gasteiger partial charge in [-0.25, -0.2) is 9.37 Å². The zero-order chi connectivity index (χ0) is 20.1. The first-order valence-corrected chi connectivity index (χ1v) is 10.0. The van der Waals surface area contributed by atoms with Crippen LogP contribution in [0.2, 0.25) is 0 Å². The van der Waals surface area contributed by atoms with Crippen LogP contribution in [-0.4, -0.2) is 54.6 Å². The summed E-state index contributed by atoms with van der Waals surface area (Å²) >= 11 is 0. The monoisotopic (exact) mass is 391 g/mol. The third-order valence-electron chi connectivity index (χ3n) is 5.23. The Bertz CT molecular complexity index is 939. The lowest BCUT2D eigenvalue weighted by atomic mass is 10.1. The summed E-state index contributed by atoms with van der Waals surface area (Å²) in [6, 6.07) is 19.0. The summed E-state index contributed by atoms with van der Waals surface area (Å²) < 4.78 is 13.9. The first kappa shape index (κ1) is 19.3. The molecule has 29 heavy (non-hydrogen) atoms. The highest BCUT2D eigenvalue weighted by Gasteiger charge is 2.18. The van der Waals surface area contributed by atoms with Crippen LogP contribution >= 0.6 is 0 Å². The van der Waals surface area contributed by atoms with E-state index in [0.29, 0.717) is 18.5 Å². The van der Waals surface area contributed by atoms with E-state index in [1.54, 1.807) is 6.07 Å². The lowest BCUT2D eigenvalue weighted by molar-refractivity contribution is 0.311. The van der Waals surface area contributed by atoms with E-state index in [0.717, 1.165) is 49.2 Å². The molecule has 3 aromatic rings. The van der Waals surface area contributed by atoms with E-state index < -0.39 is 0 Å². The third-order valence-corrected chi connectivity index (χ3v) is 5.23. The molecule has 0 radical (unpaired) electrons. The van der Waals surface area contributed by atoms with Crippen molar-refractivity contribution in [2.24, 2.45) is 0 Å². The van der Waals surface area contributed by atoms with E-state index in [9.17, 15) is 4.39 Å². The van der Waals surface area contributed by atoms with Gasteiger partial charge in [0, 0.05) is 44.4 Å². The zero-order valence-corrected chi connectivity index (χ0v) is 16.7. The first-order valence-electron chi connectivity index (χ1n) is 10.0. The van der Waals surface area contributed by atoms with E-state index in [-0.39, 0.29) is 5.82 Å². The Morgan fingerprint density at radius 2 is 1.66 bits per heavy atom. The SMILES string of the molecule is CN1CCN(c2nc(NCCc3ccccc3F)cc(-c3ccccc3)n2)CC1. The molecule has 0 unspecified atom stereocenters. The number of nitrogens with one attached hydrogen (secondary N) is 1. The van der Waals surface area contributed by atoms with Gasteiger partial charge in [-0.1, -0.05) is 48.5 Å². The van der Waals surface area contributed by atoms with E-state index in [1.165, 1.54) is 6.07 Å². The summed E-state index contributed by atoms with van der Waals surface area (Å²) in [5, 5.41) is 3.36. The van der Waals surface area contributed by atoms with Gasteiger partial charge >= 0.3 is 0 Å². The molecule has 1 aromatic heterocycles. The van der Waals surface area contributed by atoms with Crippen molar-refractivity contribution in [1.29, 1.82) is 0 Å². The van der Waals surface area contributed by atoms with Crippen molar-refractivity contribution in [3.63, 3.8) is 0 Å². The van der Waals surface area contributed by atoms with E-state index in [1.807, 2.05) is 36.4 Å². The van der Waals surface area contributed by atoms with Gasteiger partial charge in [0.05, 0.1) is 5.69 Å². The molecule has 0 spiro atoms. The molecule has 150 valence electrons. The second-order valence-corrected chi connectivity index (χ2v) is 7.36. The summed E-state index contributed by atoms with van der Waals surface area (Å²) in [6.07, 6.45) is 0.598. The number of likely N-dealkylation sites (N-methyl/N-ethyl adjacent to an activating group) is 1. The summed E-state index contributed by atoms with van der Waals surface area (Å²) in [6.45, 7) is 4.41. The molecule has 1 aliphatic rings. The molecule has 5 nitrogen and oxygen atoms in total. The van der Waals surface area contributed by atoms with Crippen LogP contribution in [0.15, 0.2) is 60.7 Å². The second-order valence-electron chi connectivity index (χ2n) is 7.36. The third kappa shape index (κ3) is 4.90. The van der Waals surface area contributed by atoms with Crippen LogP contribution in [0.25, 0.3) is 11.3 Å². The van der Waals surface area contributed by atoms with Crippen LogP contribution in [0.3, 0.4) is 0 Å². The van der Waals surface area contributed by atoms with Gasteiger partial charge in [0.25, 0.3) is 0 Å². The number of benzene rings is 2. The molecule has 4 rings (SSSR count). The number of hydrogen-bond acceptors (Lipinski definition) is 5. The molecule has 1 fully saturated rings. The Kier molecular flexibility index (Phi) is 6.00. The molecule has 6 heteroatoms.